The molecular formula is C20H19BrF2N2OS. The maximum absolute atomic E-state index is 13.8. The number of piperazine rings is 1. The minimum atomic E-state index is -0.685. The number of halogens is 3. The van der Waals surface area contributed by atoms with Crippen LogP contribution in [-0.4, -0.2) is 44.2 Å². The molecule has 27 heavy (non-hydrogen) atoms. The second-order valence-electron chi connectivity index (χ2n) is 6.49. The average Bonchev–Trinajstić information content (AvgIpc) is 3.13. The van der Waals surface area contributed by atoms with Crippen LogP contribution < -0.4 is 9.64 Å². The zero-order valence-corrected chi connectivity index (χ0v) is 17.0. The lowest BCUT2D eigenvalue weighted by molar-refractivity contribution is 0.196. The maximum Gasteiger partial charge on any atom is 0.169 e. The van der Waals surface area contributed by atoms with Gasteiger partial charge in [-0.05, 0) is 44.9 Å². The van der Waals surface area contributed by atoms with Gasteiger partial charge < -0.3 is 9.64 Å². The van der Waals surface area contributed by atoms with Gasteiger partial charge in [0.1, 0.15) is 12.4 Å². The Kier molecular flexibility index (Phi) is 5.61. The third kappa shape index (κ3) is 4.10. The molecule has 0 aliphatic carbocycles. The zero-order valence-electron chi connectivity index (χ0n) is 14.6. The number of thiophene rings is 1. The number of ether oxygens (including phenoxy) is 1. The lowest BCUT2D eigenvalue weighted by Gasteiger charge is -2.36. The molecule has 1 saturated heterocycles. The summed E-state index contributed by atoms with van der Waals surface area (Å²) in [6.45, 7) is 4.83. The van der Waals surface area contributed by atoms with E-state index in [1.54, 1.807) is 11.3 Å². The molecule has 0 spiro atoms. The smallest absolute Gasteiger partial charge is 0.169 e. The molecule has 3 nitrogen and oxygen atoms in total. The number of rotatable bonds is 5. The van der Waals surface area contributed by atoms with E-state index in [-0.39, 0.29) is 5.75 Å². The van der Waals surface area contributed by atoms with Gasteiger partial charge in [0, 0.05) is 38.8 Å². The summed E-state index contributed by atoms with van der Waals surface area (Å²) in [7, 11) is 0. The van der Waals surface area contributed by atoms with Crippen LogP contribution in [0.4, 0.5) is 14.5 Å². The number of hydrogen-bond donors (Lipinski definition) is 0. The summed E-state index contributed by atoms with van der Waals surface area (Å²) < 4.78 is 34.1. The van der Waals surface area contributed by atoms with Crippen molar-refractivity contribution in [2.45, 2.75) is 0 Å². The minimum Gasteiger partial charge on any atom is -0.488 e. The first kappa shape index (κ1) is 18.7. The van der Waals surface area contributed by atoms with Crippen molar-refractivity contribution in [1.29, 1.82) is 0 Å². The maximum atomic E-state index is 13.8. The summed E-state index contributed by atoms with van der Waals surface area (Å²) in [5, 5.41) is 3.43. The van der Waals surface area contributed by atoms with Gasteiger partial charge in [0.15, 0.2) is 11.6 Å². The Hall–Kier alpha value is -1.70. The Morgan fingerprint density at radius 3 is 2.67 bits per heavy atom. The molecule has 3 aromatic rings. The van der Waals surface area contributed by atoms with E-state index in [1.165, 1.54) is 21.8 Å². The minimum absolute atomic E-state index is 0.0689. The number of nitrogens with zero attached hydrogens (tertiary/aromatic N) is 2. The second kappa shape index (κ2) is 8.12. The standard InChI is InChI=1S/C20H19BrF2N2OS/c21-16-12-15(22)13-17(23)19(16)26-10-9-24-5-7-25(8-6-24)18-3-1-2-14-4-11-27-20(14)18/h1-4,11-13H,5-10H2. The largest absolute Gasteiger partial charge is 0.488 e. The molecule has 1 aromatic heterocycles. The van der Waals surface area contributed by atoms with E-state index in [4.69, 9.17) is 4.74 Å². The molecule has 0 radical (unpaired) electrons. The van der Waals surface area contributed by atoms with Crippen LogP contribution in [0.25, 0.3) is 10.1 Å². The highest BCUT2D eigenvalue weighted by Gasteiger charge is 2.19. The summed E-state index contributed by atoms with van der Waals surface area (Å²) in [5.74, 6) is -1.24. The predicted molar refractivity (Wildman–Crippen MR) is 110 cm³/mol. The Bertz CT molecular complexity index is 918. The predicted octanol–water partition coefficient (Wildman–Crippen LogP) is 5.14. The molecule has 0 bridgehead atoms. The quantitative estimate of drug-likeness (QED) is 0.532. The molecule has 7 heteroatoms. The molecule has 0 atom stereocenters. The van der Waals surface area contributed by atoms with Crippen LogP contribution in [0.1, 0.15) is 0 Å². The van der Waals surface area contributed by atoms with Crippen molar-refractivity contribution < 1.29 is 13.5 Å². The fraction of sp³-hybridized carbons (Fsp3) is 0.300. The highest BCUT2D eigenvalue weighted by molar-refractivity contribution is 9.10. The van der Waals surface area contributed by atoms with Gasteiger partial charge in [0.2, 0.25) is 0 Å². The van der Waals surface area contributed by atoms with Crippen molar-refractivity contribution >= 4 is 43.0 Å². The summed E-state index contributed by atoms with van der Waals surface area (Å²) >= 11 is 4.93. The van der Waals surface area contributed by atoms with Gasteiger partial charge in [-0.2, -0.15) is 0 Å². The van der Waals surface area contributed by atoms with Crippen molar-refractivity contribution in [1.82, 2.24) is 4.90 Å². The van der Waals surface area contributed by atoms with Crippen molar-refractivity contribution in [3.63, 3.8) is 0 Å². The molecule has 1 aliphatic rings. The summed E-state index contributed by atoms with van der Waals surface area (Å²) in [5.41, 5.74) is 1.30. The summed E-state index contributed by atoms with van der Waals surface area (Å²) in [4.78, 5) is 4.73. The fourth-order valence-electron chi connectivity index (χ4n) is 3.38. The molecule has 0 N–H and O–H groups in total. The van der Waals surface area contributed by atoms with Crippen LogP contribution in [0.2, 0.25) is 0 Å². The third-order valence-corrected chi connectivity index (χ3v) is 6.33. The highest BCUT2D eigenvalue weighted by atomic mass is 79.9. The van der Waals surface area contributed by atoms with Crippen molar-refractivity contribution in [2.75, 3.05) is 44.2 Å². The number of benzene rings is 2. The van der Waals surface area contributed by atoms with Gasteiger partial charge in [-0.3, -0.25) is 4.90 Å². The molecule has 0 saturated carbocycles. The van der Waals surface area contributed by atoms with Crippen molar-refractivity contribution in [3.8, 4) is 5.75 Å². The normalized spacial score (nSPS) is 15.4. The Labute approximate surface area is 169 Å². The second-order valence-corrected chi connectivity index (χ2v) is 8.26. The molecule has 1 aliphatic heterocycles. The number of anilines is 1. The van der Waals surface area contributed by atoms with E-state index < -0.39 is 11.6 Å². The molecule has 142 valence electrons. The number of hydrogen-bond acceptors (Lipinski definition) is 4. The van der Waals surface area contributed by atoms with Gasteiger partial charge in [-0.1, -0.05) is 12.1 Å². The average molecular weight is 453 g/mol. The van der Waals surface area contributed by atoms with E-state index in [0.717, 1.165) is 32.2 Å². The van der Waals surface area contributed by atoms with Crippen LogP contribution in [0.5, 0.6) is 5.75 Å². The van der Waals surface area contributed by atoms with Gasteiger partial charge in [-0.15, -0.1) is 11.3 Å². The fourth-order valence-corrected chi connectivity index (χ4v) is 4.85. The number of fused-ring (bicyclic) bond motifs is 1. The Morgan fingerprint density at radius 2 is 1.89 bits per heavy atom. The third-order valence-electron chi connectivity index (χ3n) is 4.79. The van der Waals surface area contributed by atoms with Gasteiger partial charge >= 0.3 is 0 Å². The SMILES string of the molecule is Fc1cc(F)c(OCCN2CCN(c3cccc4ccsc34)CC2)c(Br)c1. The van der Waals surface area contributed by atoms with Crippen LogP contribution in [0, 0.1) is 11.6 Å². The molecule has 0 unspecified atom stereocenters. The van der Waals surface area contributed by atoms with E-state index in [1.807, 2.05) is 0 Å². The van der Waals surface area contributed by atoms with Gasteiger partial charge in [0.25, 0.3) is 0 Å². The van der Waals surface area contributed by atoms with Gasteiger partial charge in [0.05, 0.1) is 14.9 Å². The molecule has 1 fully saturated rings. The molecule has 2 heterocycles. The zero-order chi connectivity index (χ0) is 18.8. The van der Waals surface area contributed by atoms with E-state index in [9.17, 15) is 8.78 Å². The first-order valence-corrected chi connectivity index (χ1v) is 10.5. The molecule has 4 rings (SSSR count). The lowest BCUT2D eigenvalue weighted by Crippen LogP contribution is -2.47. The highest BCUT2D eigenvalue weighted by Crippen LogP contribution is 2.32. The molecule has 2 aromatic carbocycles. The van der Waals surface area contributed by atoms with Crippen LogP contribution in [-0.2, 0) is 0 Å². The van der Waals surface area contributed by atoms with Crippen LogP contribution in [0.3, 0.4) is 0 Å². The van der Waals surface area contributed by atoms with Gasteiger partial charge in [-0.25, -0.2) is 8.78 Å². The monoisotopic (exact) mass is 452 g/mol. The van der Waals surface area contributed by atoms with Crippen LogP contribution in [0.15, 0.2) is 46.3 Å². The first-order valence-electron chi connectivity index (χ1n) is 8.83. The van der Waals surface area contributed by atoms with E-state index in [2.05, 4.69) is 55.4 Å². The van der Waals surface area contributed by atoms with Crippen LogP contribution >= 0.6 is 27.3 Å². The first-order chi connectivity index (χ1) is 13.1. The van der Waals surface area contributed by atoms with Crippen molar-refractivity contribution in [2.24, 2.45) is 0 Å². The summed E-state index contributed by atoms with van der Waals surface area (Å²) in [6, 6.07) is 10.7. The lowest BCUT2D eigenvalue weighted by atomic mass is 10.2. The summed E-state index contributed by atoms with van der Waals surface area (Å²) in [6.07, 6.45) is 0. The molecular weight excluding hydrogens is 434 g/mol. The van der Waals surface area contributed by atoms with Crippen molar-refractivity contribution in [3.05, 3.63) is 57.9 Å². The Morgan fingerprint density at radius 1 is 1.07 bits per heavy atom. The Balaban J connectivity index is 1.31. The topological polar surface area (TPSA) is 15.7 Å². The van der Waals surface area contributed by atoms with E-state index >= 15 is 0 Å². The molecule has 0 amide bonds. The van der Waals surface area contributed by atoms with E-state index in [0.29, 0.717) is 17.6 Å².